The van der Waals surface area contributed by atoms with Gasteiger partial charge in [0.15, 0.2) is 0 Å². The number of nitrogens with zero attached hydrogens (tertiary/aromatic N) is 2. The van der Waals surface area contributed by atoms with Gasteiger partial charge in [-0.05, 0) is 49.2 Å². The summed E-state index contributed by atoms with van der Waals surface area (Å²) in [6.45, 7) is -0.206. The van der Waals surface area contributed by atoms with E-state index in [-0.39, 0.29) is 30.1 Å². The fraction of sp³-hybridized carbons (Fsp3) is 0.182. The predicted molar refractivity (Wildman–Crippen MR) is 116 cm³/mol. The van der Waals surface area contributed by atoms with E-state index in [1.165, 1.54) is 10.9 Å². The van der Waals surface area contributed by atoms with Crippen molar-refractivity contribution in [1.82, 2.24) is 14.9 Å². The molecule has 3 amide bonds. The lowest BCUT2D eigenvalue weighted by Gasteiger charge is -2.09. The van der Waals surface area contributed by atoms with E-state index in [4.69, 9.17) is 4.42 Å². The van der Waals surface area contributed by atoms with E-state index >= 15 is 0 Å². The Labute approximate surface area is 176 Å². The van der Waals surface area contributed by atoms with Crippen LogP contribution in [0.3, 0.4) is 0 Å². The molecular weight excluding hydrogens is 398 g/mol. The fourth-order valence-electron chi connectivity index (χ4n) is 3.30. The maximum Gasteiger partial charge on any atom is 0.319 e. The number of carbonyl (C=O) groups excluding carboxylic acids is 2. The Bertz CT molecular complexity index is 1350. The first-order chi connectivity index (χ1) is 15.1. The molecule has 0 radical (unpaired) electrons. The molecule has 0 atom stereocenters. The molecule has 1 aliphatic rings. The standard InChI is InChI=1S/C22H19N5O4/c28-18(24-13-5-7-14(8-6-13)25-22(30)26-15-9-10-15)11-27-12-23-19-16-3-1-2-4-17(16)31-20(19)21(27)29/h1-8,12,15H,9-11H2,(H,24,28)(H2,25,26,30). The topological polar surface area (TPSA) is 118 Å². The van der Waals surface area contributed by atoms with Crippen molar-refractivity contribution in [3.05, 3.63) is 65.2 Å². The van der Waals surface area contributed by atoms with Crippen LogP contribution in [-0.2, 0) is 11.3 Å². The molecule has 2 heterocycles. The first-order valence-electron chi connectivity index (χ1n) is 9.91. The summed E-state index contributed by atoms with van der Waals surface area (Å²) in [5, 5.41) is 9.06. The van der Waals surface area contributed by atoms with E-state index in [0.29, 0.717) is 22.5 Å². The number of carbonyl (C=O) groups is 2. The summed E-state index contributed by atoms with van der Waals surface area (Å²) in [4.78, 5) is 41.2. The van der Waals surface area contributed by atoms with Gasteiger partial charge in [0.05, 0.1) is 6.33 Å². The summed E-state index contributed by atoms with van der Waals surface area (Å²) >= 11 is 0. The Morgan fingerprint density at radius 2 is 1.74 bits per heavy atom. The molecule has 2 aromatic heterocycles. The van der Waals surface area contributed by atoms with Crippen LogP contribution in [0.5, 0.6) is 0 Å². The zero-order chi connectivity index (χ0) is 21.4. The zero-order valence-corrected chi connectivity index (χ0v) is 16.4. The molecular formula is C22H19N5O4. The largest absolute Gasteiger partial charge is 0.448 e. The number of amides is 3. The van der Waals surface area contributed by atoms with E-state index < -0.39 is 5.56 Å². The molecule has 5 rings (SSSR count). The van der Waals surface area contributed by atoms with Crippen LogP contribution >= 0.6 is 0 Å². The highest BCUT2D eigenvalue weighted by atomic mass is 16.3. The summed E-state index contributed by atoms with van der Waals surface area (Å²) < 4.78 is 6.84. The van der Waals surface area contributed by atoms with Gasteiger partial charge in [-0.1, -0.05) is 12.1 Å². The maximum absolute atomic E-state index is 12.7. The molecule has 1 aliphatic carbocycles. The third-order valence-corrected chi connectivity index (χ3v) is 5.00. The molecule has 31 heavy (non-hydrogen) atoms. The van der Waals surface area contributed by atoms with Gasteiger partial charge in [0.1, 0.15) is 17.6 Å². The summed E-state index contributed by atoms with van der Waals surface area (Å²) in [6.07, 6.45) is 3.37. The number of urea groups is 1. The third kappa shape index (κ3) is 3.97. The van der Waals surface area contributed by atoms with Crippen LogP contribution in [0.2, 0.25) is 0 Å². The molecule has 9 nitrogen and oxygen atoms in total. The quantitative estimate of drug-likeness (QED) is 0.461. The summed E-state index contributed by atoms with van der Waals surface area (Å²) in [7, 11) is 0. The number of anilines is 2. The SMILES string of the molecule is O=C(Cn1cnc2c(oc3ccccc32)c1=O)Nc1ccc(NC(=O)NC2CC2)cc1. The number of aromatic nitrogens is 2. The average molecular weight is 417 g/mol. The Balaban J connectivity index is 1.26. The van der Waals surface area contributed by atoms with Gasteiger partial charge in [0.25, 0.3) is 5.56 Å². The Morgan fingerprint density at radius 1 is 1.03 bits per heavy atom. The van der Waals surface area contributed by atoms with Gasteiger partial charge in [-0.2, -0.15) is 0 Å². The summed E-state index contributed by atoms with van der Waals surface area (Å²) in [5.41, 5.74) is 1.92. The molecule has 0 unspecified atom stereocenters. The normalized spacial score (nSPS) is 13.3. The van der Waals surface area contributed by atoms with Crippen LogP contribution in [0, 0.1) is 0 Å². The van der Waals surface area contributed by atoms with Crippen molar-refractivity contribution >= 4 is 45.4 Å². The lowest BCUT2D eigenvalue weighted by Crippen LogP contribution is -2.30. The molecule has 1 saturated carbocycles. The second kappa shape index (κ2) is 7.60. The highest BCUT2D eigenvalue weighted by Crippen LogP contribution is 2.24. The smallest absolute Gasteiger partial charge is 0.319 e. The molecule has 4 aromatic rings. The number of nitrogens with one attached hydrogen (secondary N) is 3. The van der Waals surface area contributed by atoms with Crippen molar-refractivity contribution in [3.63, 3.8) is 0 Å². The molecule has 156 valence electrons. The van der Waals surface area contributed by atoms with Crippen LogP contribution in [-0.4, -0.2) is 27.5 Å². The van der Waals surface area contributed by atoms with Crippen molar-refractivity contribution < 1.29 is 14.0 Å². The Hall–Kier alpha value is -4.14. The van der Waals surface area contributed by atoms with Crippen molar-refractivity contribution in [2.75, 3.05) is 10.6 Å². The Kier molecular flexibility index (Phi) is 4.62. The third-order valence-electron chi connectivity index (χ3n) is 5.00. The Morgan fingerprint density at radius 3 is 2.48 bits per heavy atom. The average Bonchev–Trinajstić information content (AvgIpc) is 3.48. The van der Waals surface area contributed by atoms with Gasteiger partial charge >= 0.3 is 6.03 Å². The minimum atomic E-state index is -0.419. The molecule has 9 heteroatoms. The number of furan rings is 1. The maximum atomic E-state index is 12.7. The van der Waals surface area contributed by atoms with E-state index in [1.807, 2.05) is 18.2 Å². The van der Waals surface area contributed by atoms with Gasteiger partial charge in [0, 0.05) is 22.8 Å². The predicted octanol–water partition coefficient (Wildman–Crippen LogP) is 3.07. The van der Waals surface area contributed by atoms with E-state index in [1.54, 1.807) is 30.3 Å². The minimum absolute atomic E-state index is 0.122. The first-order valence-corrected chi connectivity index (χ1v) is 9.91. The second-order valence-electron chi connectivity index (χ2n) is 7.45. The molecule has 1 fully saturated rings. The van der Waals surface area contributed by atoms with Crippen LogP contribution in [0.1, 0.15) is 12.8 Å². The summed E-state index contributed by atoms with van der Waals surface area (Å²) in [6, 6.07) is 14.0. The lowest BCUT2D eigenvalue weighted by molar-refractivity contribution is -0.116. The van der Waals surface area contributed by atoms with Crippen LogP contribution in [0.15, 0.2) is 64.1 Å². The molecule has 0 spiro atoms. The monoisotopic (exact) mass is 417 g/mol. The van der Waals surface area contributed by atoms with E-state index in [2.05, 4.69) is 20.9 Å². The van der Waals surface area contributed by atoms with Crippen molar-refractivity contribution in [1.29, 1.82) is 0 Å². The number of benzene rings is 2. The minimum Gasteiger partial charge on any atom is -0.448 e. The molecule has 0 saturated heterocycles. The second-order valence-corrected chi connectivity index (χ2v) is 7.45. The van der Waals surface area contributed by atoms with Gasteiger partial charge in [-0.25, -0.2) is 9.78 Å². The number of rotatable bonds is 5. The van der Waals surface area contributed by atoms with Crippen molar-refractivity contribution in [2.24, 2.45) is 0 Å². The highest BCUT2D eigenvalue weighted by molar-refractivity contribution is 6.01. The zero-order valence-electron chi connectivity index (χ0n) is 16.4. The van der Waals surface area contributed by atoms with Crippen LogP contribution < -0.4 is 21.5 Å². The number of hydrogen-bond donors (Lipinski definition) is 3. The van der Waals surface area contributed by atoms with Crippen LogP contribution in [0.4, 0.5) is 16.2 Å². The lowest BCUT2D eigenvalue weighted by atomic mass is 10.2. The number of hydrogen-bond acceptors (Lipinski definition) is 5. The van der Waals surface area contributed by atoms with Crippen molar-refractivity contribution in [3.8, 4) is 0 Å². The van der Waals surface area contributed by atoms with Crippen molar-refractivity contribution in [2.45, 2.75) is 25.4 Å². The highest BCUT2D eigenvalue weighted by Gasteiger charge is 2.23. The number of para-hydroxylation sites is 1. The van der Waals surface area contributed by atoms with E-state index in [9.17, 15) is 14.4 Å². The van der Waals surface area contributed by atoms with Crippen LogP contribution in [0.25, 0.3) is 22.1 Å². The molecule has 0 bridgehead atoms. The first kappa shape index (κ1) is 18.9. The van der Waals surface area contributed by atoms with E-state index in [0.717, 1.165) is 18.2 Å². The molecule has 3 N–H and O–H groups in total. The number of fused-ring (bicyclic) bond motifs is 3. The summed E-state index contributed by atoms with van der Waals surface area (Å²) in [5.74, 6) is -0.383. The van der Waals surface area contributed by atoms with Gasteiger partial charge in [-0.3, -0.25) is 14.2 Å². The fourth-order valence-corrected chi connectivity index (χ4v) is 3.30. The molecule has 0 aliphatic heterocycles. The van der Waals surface area contributed by atoms with Gasteiger partial charge in [0.2, 0.25) is 11.5 Å². The molecule has 2 aromatic carbocycles. The van der Waals surface area contributed by atoms with Gasteiger partial charge < -0.3 is 20.4 Å². The van der Waals surface area contributed by atoms with Gasteiger partial charge in [-0.15, -0.1) is 0 Å².